The number of aliphatic hydroxyl groups is 1. The first kappa shape index (κ1) is 40.4. The number of pyridine rings is 1. The van der Waals surface area contributed by atoms with Crippen molar-refractivity contribution < 1.29 is 30.0 Å². The van der Waals surface area contributed by atoms with Crippen LogP contribution >= 0.6 is 0 Å². The molecule has 1 radical (unpaired) electrons. The molecule has 3 nitrogen and oxygen atoms in total. The van der Waals surface area contributed by atoms with Crippen molar-refractivity contribution in [3.05, 3.63) is 101 Å². The van der Waals surface area contributed by atoms with Crippen LogP contribution in [0.5, 0.6) is 0 Å². The average Bonchev–Trinajstić information content (AvgIpc) is 3.09. The van der Waals surface area contributed by atoms with Crippen LogP contribution in [0.2, 0.25) is 0 Å². The van der Waals surface area contributed by atoms with Gasteiger partial charge >= 0.3 is 0 Å². The van der Waals surface area contributed by atoms with E-state index in [1.54, 1.807) is 0 Å². The summed E-state index contributed by atoms with van der Waals surface area (Å²) in [5, 5.41) is 12.6. The van der Waals surface area contributed by atoms with E-state index in [0.29, 0.717) is 5.92 Å². The topological polar surface area (TPSA) is 50.2 Å². The molecular weight excluding hydrogens is 779 g/mol. The Kier molecular flexibility index (Phi) is 13.4. The van der Waals surface area contributed by atoms with Crippen LogP contribution in [0, 0.1) is 16.9 Å². The van der Waals surface area contributed by atoms with Crippen molar-refractivity contribution in [3.8, 4) is 22.4 Å². The Hall–Kier alpha value is -3.07. The molecule has 0 atom stereocenters. The fraction of sp³-hybridized carbons (Fsp3) is 0.467. The molecule has 49 heavy (non-hydrogen) atoms. The van der Waals surface area contributed by atoms with Gasteiger partial charge in [-0.3, -0.25) is 9.78 Å². The number of fused-ring (bicyclic) bond motifs is 4. The number of aliphatic hydroxyl groups excluding tert-OH is 1. The second-order valence-electron chi connectivity index (χ2n) is 15.6. The molecule has 1 heterocycles. The summed E-state index contributed by atoms with van der Waals surface area (Å²) >= 11 is 0. The molecule has 0 saturated heterocycles. The maximum Gasteiger partial charge on any atom is 0.164 e. The molecule has 0 aliphatic heterocycles. The summed E-state index contributed by atoms with van der Waals surface area (Å²) in [6, 6.07) is 23.8. The molecular formula is C45H58IrNO2-. The van der Waals surface area contributed by atoms with E-state index in [0.717, 1.165) is 55.2 Å². The van der Waals surface area contributed by atoms with Crippen molar-refractivity contribution in [2.24, 2.45) is 10.8 Å². The summed E-state index contributed by atoms with van der Waals surface area (Å²) in [5.74, 6) is 0.844. The molecule has 0 unspecified atom stereocenters. The number of aromatic nitrogens is 1. The number of carbonyl (C=O) groups excluding carboxylic acids is 1. The van der Waals surface area contributed by atoms with Crippen LogP contribution in [0.25, 0.3) is 33.2 Å². The summed E-state index contributed by atoms with van der Waals surface area (Å²) < 4.78 is 0. The van der Waals surface area contributed by atoms with E-state index >= 15 is 0 Å². The predicted octanol–water partition coefficient (Wildman–Crippen LogP) is 12.5. The predicted molar refractivity (Wildman–Crippen MR) is 205 cm³/mol. The van der Waals surface area contributed by atoms with E-state index in [-0.39, 0.29) is 47.9 Å². The average molecular weight is 837 g/mol. The zero-order valence-corrected chi connectivity index (χ0v) is 34.2. The third-order valence-corrected chi connectivity index (χ3v) is 11.2. The molecule has 0 fully saturated rings. The second-order valence-corrected chi connectivity index (χ2v) is 15.6. The van der Waals surface area contributed by atoms with Gasteiger partial charge in [-0.05, 0) is 77.7 Å². The molecule has 1 N–H and O–H groups in total. The fourth-order valence-corrected chi connectivity index (χ4v) is 6.46. The fourth-order valence-electron chi connectivity index (χ4n) is 6.46. The van der Waals surface area contributed by atoms with E-state index in [1.165, 1.54) is 44.8 Å². The number of nitrogens with zero attached hydrogens (tertiary/aromatic N) is 1. The van der Waals surface area contributed by atoms with Crippen LogP contribution < -0.4 is 0 Å². The smallest absolute Gasteiger partial charge is 0.164 e. The SMILES string of the molecule is CC(C)c1ccc2c(c1)CCc1cnc(-c3[c-]c4ccccc4c(C(C)(C)C)c3)cc1-2.CCC(C)(CC)C(=O)/C=C(\O)C(C)(CC)CC.[Ir]. The summed E-state index contributed by atoms with van der Waals surface area (Å²) in [7, 11) is 0. The number of hydrogen-bond donors (Lipinski definition) is 1. The molecule has 0 spiro atoms. The molecule has 4 heteroatoms. The van der Waals surface area contributed by atoms with Gasteiger partial charge in [-0.1, -0.05) is 130 Å². The van der Waals surface area contributed by atoms with Gasteiger partial charge in [0.2, 0.25) is 0 Å². The zero-order chi connectivity index (χ0) is 35.4. The number of ketones is 1. The second kappa shape index (κ2) is 16.3. The number of benzene rings is 3. The van der Waals surface area contributed by atoms with Crippen LogP contribution in [0.15, 0.2) is 72.6 Å². The van der Waals surface area contributed by atoms with Gasteiger partial charge in [0.1, 0.15) is 5.76 Å². The van der Waals surface area contributed by atoms with E-state index in [9.17, 15) is 9.90 Å². The van der Waals surface area contributed by atoms with Gasteiger partial charge < -0.3 is 5.11 Å². The molecule has 1 aromatic heterocycles. The van der Waals surface area contributed by atoms with Crippen molar-refractivity contribution in [1.29, 1.82) is 0 Å². The Morgan fingerprint density at radius 3 is 2.04 bits per heavy atom. The van der Waals surface area contributed by atoms with Gasteiger partial charge in [-0.15, -0.1) is 29.1 Å². The number of rotatable bonds is 9. The van der Waals surface area contributed by atoms with E-state index in [4.69, 9.17) is 4.98 Å². The standard InChI is InChI=1S/C30H30N.C15H28O2.Ir/c1-19(2)20-12-13-25-22(14-20)10-11-23-18-31-29(17-27(23)25)24-15-21-8-6-7-9-26(21)28(16-24)30(3,4)5;1-7-14(5,8-2)12(16)11-13(17)15(6,9-3)10-4;/h6-9,12-14,16-19H,10-11H2,1-5H3;11,16H,7-10H2,1-6H3;/q-1;;/b;12-11-;. The van der Waals surface area contributed by atoms with Crippen LogP contribution in [0.4, 0.5) is 0 Å². The third kappa shape index (κ3) is 8.81. The van der Waals surface area contributed by atoms with Crippen LogP contribution in [-0.2, 0) is 43.2 Å². The minimum Gasteiger partial charge on any atom is -0.512 e. The normalized spacial score (nSPS) is 13.3. The minimum absolute atomic E-state index is 0. The van der Waals surface area contributed by atoms with Crippen molar-refractivity contribution in [3.63, 3.8) is 0 Å². The Balaban J connectivity index is 0.000000312. The maximum atomic E-state index is 12.2. The molecule has 4 aromatic rings. The molecule has 1 aliphatic carbocycles. The summed E-state index contributed by atoms with van der Waals surface area (Å²) in [6.45, 7) is 23.5. The molecule has 0 bridgehead atoms. The molecule has 1 aliphatic rings. The molecule has 0 saturated carbocycles. The largest absolute Gasteiger partial charge is 0.512 e. The van der Waals surface area contributed by atoms with Gasteiger partial charge in [-0.25, -0.2) is 0 Å². The van der Waals surface area contributed by atoms with Gasteiger partial charge in [0.05, 0.1) is 0 Å². The van der Waals surface area contributed by atoms with Gasteiger partial charge in [-0.2, -0.15) is 0 Å². The summed E-state index contributed by atoms with van der Waals surface area (Å²) in [5.41, 5.74) is 9.83. The first-order chi connectivity index (χ1) is 22.6. The van der Waals surface area contributed by atoms with E-state index in [1.807, 2.05) is 41.5 Å². The molecule has 0 amide bonds. The minimum atomic E-state index is -0.337. The van der Waals surface area contributed by atoms with Gasteiger partial charge in [0.25, 0.3) is 0 Å². The van der Waals surface area contributed by atoms with Crippen molar-refractivity contribution in [2.75, 3.05) is 0 Å². The number of aryl methyl sites for hydroxylation is 2. The zero-order valence-electron chi connectivity index (χ0n) is 31.8. The Bertz CT molecular complexity index is 1780. The van der Waals surface area contributed by atoms with Gasteiger partial charge in [0.15, 0.2) is 5.78 Å². The first-order valence-electron chi connectivity index (χ1n) is 18.1. The quantitative estimate of drug-likeness (QED) is 0.104. The Morgan fingerprint density at radius 1 is 0.837 bits per heavy atom. The summed E-state index contributed by atoms with van der Waals surface area (Å²) in [4.78, 5) is 17.1. The Morgan fingerprint density at radius 2 is 1.45 bits per heavy atom. The van der Waals surface area contributed by atoms with Crippen molar-refractivity contribution in [2.45, 2.75) is 126 Å². The monoisotopic (exact) mass is 837 g/mol. The van der Waals surface area contributed by atoms with Crippen molar-refractivity contribution in [1.82, 2.24) is 4.98 Å². The maximum absolute atomic E-state index is 12.2. The Labute approximate surface area is 310 Å². The number of carbonyl (C=O) groups is 1. The van der Waals surface area contributed by atoms with Gasteiger partial charge in [0, 0.05) is 48.9 Å². The van der Waals surface area contributed by atoms with E-state index < -0.39 is 0 Å². The molecule has 5 rings (SSSR count). The molecule has 265 valence electrons. The first-order valence-corrected chi connectivity index (χ1v) is 18.1. The molecule has 3 aromatic carbocycles. The number of allylic oxidation sites excluding steroid dienone is 2. The van der Waals surface area contributed by atoms with Crippen LogP contribution in [-0.4, -0.2) is 15.9 Å². The van der Waals surface area contributed by atoms with Crippen LogP contribution in [0.3, 0.4) is 0 Å². The summed E-state index contributed by atoms with van der Waals surface area (Å²) in [6.07, 6.45) is 9.00. The van der Waals surface area contributed by atoms with E-state index in [2.05, 4.69) is 101 Å². The van der Waals surface area contributed by atoms with Crippen LogP contribution in [0.1, 0.15) is 130 Å². The number of hydrogen-bond acceptors (Lipinski definition) is 3. The third-order valence-electron chi connectivity index (χ3n) is 11.2. The van der Waals surface area contributed by atoms with Crippen molar-refractivity contribution >= 4 is 16.6 Å².